The van der Waals surface area contributed by atoms with Gasteiger partial charge in [0.05, 0.1) is 19.3 Å². The molecule has 1 N–H and O–H groups in total. The van der Waals surface area contributed by atoms with Crippen molar-refractivity contribution in [2.45, 2.75) is 19.9 Å². The molecule has 1 aromatic carbocycles. The van der Waals surface area contributed by atoms with Gasteiger partial charge in [0, 0.05) is 5.69 Å². The van der Waals surface area contributed by atoms with Gasteiger partial charge in [-0.1, -0.05) is 12.1 Å². The number of aliphatic hydroxyl groups excluding tert-OH is 1. The van der Waals surface area contributed by atoms with Crippen LogP contribution in [0, 0.1) is 13.8 Å². The molecule has 4 nitrogen and oxygen atoms in total. The number of aliphatic hydroxyl groups is 1. The van der Waals surface area contributed by atoms with Gasteiger partial charge >= 0.3 is 0 Å². The van der Waals surface area contributed by atoms with Gasteiger partial charge in [-0.05, 0) is 31.0 Å². The zero-order valence-electron chi connectivity index (χ0n) is 10.1. The first-order chi connectivity index (χ1) is 8.13. The minimum atomic E-state index is -0.281. The molecule has 1 heterocycles. The molecule has 4 heteroatoms. The number of carbonyl (C=O) groups is 1. The van der Waals surface area contributed by atoms with Crippen LogP contribution in [0.1, 0.15) is 11.1 Å². The molecule has 0 aliphatic carbocycles. The van der Waals surface area contributed by atoms with Gasteiger partial charge in [0.2, 0.25) is 0 Å². The Morgan fingerprint density at radius 3 is 2.94 bits per heavy atom. The fourth-order valence-corrected chi connectivity index (χ4v) is 2.07. The lowest BCUT2D eigenvalue weighted by Gasteiger charge is -2.35. The molecular formula is C13H17NO3. The highest BCUT2D eigenvalue weighted by molar-refractivity contribution is 5.96. The molecular weight excluding hydrogens is 218 g/mol. The minimum Gasteiger partial charge on any atom is -0.394 e. The molecule has 0 radical (unpaired) electrons. The normalized spacial score (nSPS) is 20.8. The molecule has 1 aliphatic heterocycles. The molecule has 1 unspecified atom stereocenters. The Balaban J connectivity index is 2.41. The second-order valence-corrected chi connectivity index (χ2v) is 4.41. The quantitative estimate of drug-likeness (QED) is 0.833. The number of ether oxygens (including phenoxy) is 1. The van der Waals surface area contributed by atoms with Crippen LogP contribution in [0.3, 0.4) is 0 Å². The first-order valence-electron chi connectivity index (χ1n) is 5.71. The van der Waals surface area contributed by atoms with Crippen molar-refractivity contribution in [2.75, 3.05) is 24.7 Å². The van der Waals surface area contributed by atoms with Crippen molar-refractivity contribution in [3.8, 4) is 0 Å². The molecule has 0 spiro atoms. The predicted molar refractivity (Wildman–Crippen MR) is 65.1 cm³/mol. The van der Waals surface area contributed by atoms with E-state index in [1.807, 2.05) is 32.0 Å². The Kier molecular flexibility index (Phi) is 3.45. The molecule has 1 amide bonds. The van der Waals surface area contributed by atoms with E-state index < -0.39 is 0 Å². The van der Waals surface area contributed by atoms with Crippen LogP contribution >= 0.6 is 0 Å². The summed E-state index contributed by atoms with van der Waals surface area (Å²) >= 11 is 0. The maximum absolute atomic E-state index is 11.9. The Morgan fingerprint density at radius 2 is 2.24 bits per heavy atom. The summed E-state index contributed by atoms with van der Waals surface area (Å²) in [7, 11) is 0. The zero-order valence-corrected chi connectivity index (χ0v) is 10.1. The molecule has 1 aromatic rings. The summed E-state index contributed by atoms with van der Waals surface area (Å²) in [6.07, 6.45) is 0. The van der Waals surface area contributed by atoms with Gasteiger partial charge in [-0.3, -0.25) is 4.79 Å². The van der Waals surface area contributed by atoms with Crippen molar-refractivity contribution >= 4 is 11.6 Å². The minimum absolute atomic E-state index is 0.0842. The first kappa shape index (κ1) is 12.1. The van der Waals surface area contributed by atoms with E-state index in [0.717, 1.165) is 16.8 Å². The number of nitrogens with zero attached hydrogens (tertiary/aromatic N) is 1. The molecule has 1 saturated heterocycles. The van der Waals surface area contributed by atoms with Crippen LogP contribution < -0.4 is 4.90 Å². The average Bonchev–Trinajstić information content (AvgIpc) is 2.32. The van der Waals surface area contributed by atoms with Gasteiger partial charge in [-0.2, -0.15) is 0 Å². The maximum Gasteiger partial charge on any atom is 0.253 e. The SMILES string of the molecule is Cc1ccc(C)c(N2C(=O)COCC2CO)c1. The smallest absolute Gasteiger partial charge is 0.253 e. The van der Waals surface area contributed by atoms with E-state index in [2.05, 4.69) is 0 Å². The van der Waals surface area contributed by atoms with Crippen molar-refractivity contribution < 1.29 is 14.6 Å². The van der Waals surface area contributed by atoms with Gasteiger partial charge in [-0.15, -0.1) is 0 Å². The fourth-order valence-electron chi connectivity index (χ4n) is 2.07. The van der Waals surface area contributed by atoms with E-state index in [0.29, 0.717) is 6.61 Å². The van der Waals surface area contributed by atoms with Crippen molar-refractivity contribution in [1.29, 1.82) is 0 Å². The third-order valence-corrected chi connectivity index (χ3v) is 3.00. The van der Waals surface area contributed by atoms with Crippen LogP contribution in [0.15, 0.2) is 18.2 Å². The van der Waals surface area contributed by atoms with Crippen LogP contribution in [-0.2, 0) is 9.53 Å². The van der Waals surface area contributed by atoms with E-state index in [1.54, 1.807) is 4.90 Å². The molecule has 1 aliphatic rings. The summed E-state index contributed by atoms with van der Waals surface area (Å²) in [6, 6.07) is 5.69. The molecule has 0 bridgehead atoms. The molecule has 2 rings (SSSR count). The standard InChI is InChI=1S/C13H17NO3/c1-9-3-4-10(2)12(5-9)14-11(6-15)7-17-8-13(14)16/h3-5,11,15H,6-8H2,1-2H3. The molecule has 92 valence electrons. The number of hydrogen-bond donors (Lipinski definition) is 1. The number of benzene rings is 1. The van der Waals surface area contributed by atoms with Crippen molar-refractivity contribution in [2.24, 2.45) is 0 Å². The Hall–Kier alpha value is -1.39. The van der Waals surface area contributed by atoms with E-state index >= 15 is 0 Å². The maximum atomic E-state index is 11.9. The van der Waals surface area contributed by atoms with E-state index in [9.17, 15) is 9.90 Å². The van der Waals surface area contributed by atoms with Crippen LogP contribution in [-0.4, -0.2) is 36.9 Å². The van der Waals surface area contributed by atoms with Gasteiger partial charge in [-0.25, -0.2) is 0 Å². The summed E-state index contributed by atoms with van der Waals surface area (Å²) < 4.78 is 5.16. The summed E-state index contributed by atoms with van der Waals surface area (Å²) in [5.74, 6) is -0.0935. The highest BCUT2D eigenvalue weighted by Gasteiger charge is 2.30. The Morgan fingerprint density at radius 1 is 1.47 bits per heavy atom. The van der Waals surface area contributed by atoms with Crippen LogP contribution in [0.2, 0.25) is 0 Å². The highest BCUT2D eigenvalue weighted by Crippen LogP contribution is 2.25. The number of rotatable bonds is 2. The third kappa shape index (κ3) is 2.33. The lowest BCUT2D eigenvalue weighted by Crippen LogP contribution is -2.51. The fraction of sp³-hybridized carbons (Fsp3) is 0.462. The summed E-state index contributed by atoms with van der Waals surface area (Å²) in [6.45, 7) is 4.34. The topological polar surface area (TPSA) is 49.8 Å². The molecule has 0 saturated carbocycles. The molecule has 0 aromatic heterocycles. The summed E-state index contributed by atoms with van der Waals surface area (Å²) in [5, 5.41) is 9.33. The Labute approximate surface area is 101 Å². The number of aryl methyl sites for hydroxylation is 2. The van der Waals surface area contributed by atoms with Crippen LogP contribution in [0.25, 0.3) is 0 Å². The molecule has 1 fully saturated rings. The number of anilines is 1. The highest BCUT2D eigenvalue weighted by atomic mass is 16.5. The number of morpholine rings is 1. The second kappa shape index (κ2) is 4.85. The summed E-state index contributed by atoms with van der Waals surface area (Å²) in [4.78, 5) is 13.6. The lowest BCUT2D eigenvalue weighted by molar-refractivity contribution is -0.128. The average molecular weight is 235 g/mol. The third-order valence-electron chi connectivity index (χ3n) is 3.00. The second-order valence-electron chi connectivity index (χ2n) is 4.41. The van der Waals surface area contributed by atoms with Crippen molar-refractivity contribution in [3.63, 3.8) is 0 Å². The van der Waals surface area contributed by atoms with Gasteiger partial charge in [0.25, 0.3) is 5.91 Å². The number of hydrogen-bond acceptors (Lipinski definition) is 3. The Bertz CT molecular complexity index is 431. The molecule has 17 heavy (non-hydrogen) atoms. The van der Waals surface area contributed by atoms with Crippen LogP contribution in [0.5, 0.6) is 0 Å². The van der Waals surface area contributed by atoms with Crippen molar-refractivity contribution in [3.05, 3.63) is 29.3 Å². The van der Waals surface area contributed by atoms with Gasteiger partial charge in [0.15, 0.2) is 0 Å². The van der Waals surface area contributed by atoms with E-state index in [-0.39, 0.29) is 25.2 Å². The van der Waals surface area contributed by atoms with E-state index in [4.69, 9.17) is 4.74 Å². The number of amides is 1. The van der Waals surface area contributed by atoms with Crippen LogP contribution in [0.4, 0.5) is 5.69 Å². The largest absolute Gasteiger partial charge is 0.394 e. The zero-order chi connectivity index (χ0) is 12.4. The first-order valence-corrected chi connectivity index (χ1v) is 5.71. The predicted octanol–water partition coefficient (Wildman–Crippen LogP) is 1.03. The van der Waals surface area contributed by atoms with Crippen molar-refractivity contribution in [1.82, 2.24) is 0 Å². The van der Waals surface area contributed by atoms with Gasteiger partial charge < -0.3 is 14.7 Å². The van der Waals surface area contributed by atoms with Gasteiger partial charge in [0.1, 0.15) is 6.61 Å². The van der Waals surface area contributed by atoms with E-state index in [1.165, 1.54) is 0 Å². The molecule has 1 atom stereocenters. The lowest BCUT2D eigenvalue weighted by atomic mass is 10.1. The summed E-state index contributed by atoms with van der Waals surface area (Å²) in [5.41, 5.74) is 3.00. The number of carbonyl (C=O) groups excluding carboxylic acids is 1. The monoisotopic (exact) mass is 235 g/mol.